The van der Waals surface area contributed by atoms with E-state index in [-0.39, 0.29) is 29.7 Å². The maximum atomic E-state index is 12.9. The molecule has 0 atom stereocenters. The minimum absolute atomic E-state index is 0.0965. The molecule has 0 bridgehead atoms. The molecule has 1 aromatic heterocycles. The lowest BCUT2D eigenvalue weighted by Gasteiger charge is -2.33. The Bertz CT molecular complexity index is 1200. The molecule has 2 amide bonds. The molecule has 0 spiro atoms. The van der Waals surface area contributed by atoms with Crippen molar-refractivity contribution in [1.82, 2.24) is 20.0 Å². The lowest BCUT2D eigenvalue weighted by Crippen LogP contribution is -2.50. The third-order valence-electron chi connectivity index (χ3n) is 4.93. The summed E-state index contributed by atoms with van der Waals surface area (Å²) in [7, 11) is -3.83. The van der Waals surface area contributed by atoms with E-state index in [1.807, 2.05) is 0 Å². The Balaban J connectivity index is 1.58. The second-order valence-corrected chi connectivity index (χ2v) is 8.50. The molecule has 156 valence electrons. The molecule has 3 N–H and O–H groups in total. The molecule has 2 heterocycles. The number of sulfonamides is 1. The minimum atomic E-state index is -3.83. The van der Waals surface area contributed by atoms with Gasteiger partial charge in [0.05, 0.1) is 10.4 Å². The van der Waals surface area contributed by atoms with Crippen LogP contribution in [0.4, 0.5) is 10.6 Å². The number of carbonyl (C=O) groups excluding carboxylic acids is 1. The van der Waals surface area contributed by atoms with Crippen LogP contribution in [0.3, 0.4) is 0 Å². The summed E-state index contributed by atoms with van der Waals surface area (Å²) < 4.78 is 27.7. The number of amides is 2. The quantitative estimate of drug-likeness (QED) is 0.579. The molecule has 1 saturated heterocycles. The maximum Gasteiger partial charge on any atom is 0.407 e. The van der Waals surface area contributed by atoms with Crippen molar-refractivity contribution in [3.05, 3.63) is 54.1 Å². The Kier molecular flexibility index (Phi) is 5.04. The number of anilines is 1. The number of aromatic amines is 1. The molecule has 10 nitrogen and oxygen atoms in total. The van der Waals surface area contributed by atoms with Gasteiger partial charge in [-0.1, -0.05) is 18.2 Å². The number of benzene rings is 2. The number of piperazine rings is 1. The number of H-pyrrole nitrogens is 1. The summed E-state index contributed by atoms with van der Waals surface area (Å²) in [5.74, 6) is -0.154. The zero-order valence-electron chi connectivity index (χ0n) is 15.8. The smallest absolute Gasteiger partial charge is 0.407 e. The number of carbonyl (C=O) groups is 2. The van der Waals surface area contributed by atoms with Gasteiger partial charge in [-0.05, 0) is 30.3 Å². The monoisotopic (exact) mass is 429 g/mol. The fraction of sp³-hybridized carbons (Fsp3) is 0.211. The van der Waals surface area contributed by atoms with E-state index in [4.69, 9.17) is 5.11 Å². The fourth-order valence-electron chi connectivity index (χ4n) is 3.29. The molecule has 4 rings (SSSR count). The maximum absolute atomic E-state index is 12.9. The van der Waals surface area contributed by atoms with E-state index >= 15 is 0 Å². The summed E-state index contributed by atoms with van der Waals surface area (Å²) >= 11 is 0. The summed E-state index contributed by atoms with van der Waals surface area (Å²) in [6, 6.07) is 12.8. The number of hydrogen-bond acceptors (Lipinski definition) is 5. The number of nitrogens with one attached hydrogen (secondary N) is 2. The van der Waals surface area contributed by atoms with Gasteiger partial charge in [0.2, 0.25) is 0 Å². The topological polar surface area (TPSA) is 136 Å². The van der Waals surface area contributed by atoms with Gasteiger partial charge in [-0.2, -0.15) is 5.10 Å². The van der Waals surface area contributed by atoms with E-state index in [9.17, 15) is 18.0 Å². The van der Waals surface area contributed by atoms with Crippen LogP contribution in [0.1, 0.15) is 10.4 Å². The van der Waals surface area contributed by atoms with E-state index in [1.165, 1.54) is 17.0 Å². The second kappa shape index (κ2) is 7.67. The van der Waals surface area contributed by atoms with E-state index in [2.05, 4.69) is 14.9 Å². The third kappa shape index (κ3) is 3.79. The highest BCUT2D eigenvalue weighted by Crippen LogP contribution is 2.25. The predicted molar refractivity (Wildman–Crippen MR) is 109 cm³/mol. The minimum Gasteiger partial charge on any atom is -0.465 e. The summed E-state index contributed by atoms with van der Waals surface area (Å²) in [5, 5.41) is 16.3. The van der Waals surface area contributed by atoms with E-state index in [0.29, 0.717) is 29.6 Å². The number of rotatable bonds is 4. The first-order chi connectivity index (χ1) is 14.3. The molecule has 0 unspecified atom stereocenters. The Labute approximate surface area is 172 Å². The van der Waals surface area contributed by atoms with Crippen molar-refractivity contribution in [1.29, 1.82) is 0 Å². The Hall–Kier alpha value is -3.60. The highest BCUT2D eigenvalue weighted by atomic mass is 32.2. The lowest BCUT2D eigenvalue weighted by atomic mass is 10.1. The largest absolute Gasteiger partial charge is 0.465 e. The average Bonchev–Trinajstić information content (AvgIpc) is 3.15. The predicted octanol–water partition coefficient (Wildman–Crippen LogP) is 1.80. The molecule has 1 aliphatic rings. The summed E-state index contributed by atoms with van der Waals surface area (Å²) in [6.45, 7) is 1.08. The van der Waals surface area contributed by atoms with Crippen molar-refractivity contribution in [3.63, 3.8) is 0 Å². The van der Waals surface area contributed by atoms with E-state index in [1.54, 1.807) is 41.3 Å². The van der Waals surface area contributed by atoms with Crippen LogP contribution in [-0.4, -0.2) is 71.7 Å². The van der Waals surface area contributed by atoms with Gasteiger partial charge < -0.3 is 14.9 Å². The molecule has 0 radical (unpaired) electrons. The molecule has 11 heteroatoms. The van der Waals surface area contributed by atoms with Crippen molar-refractivity contribution in [3.8, 4) is 0 Å². The lowest BCUT2D eigenvalue weighted by molar-refractivity contribution is 0.0625. The highest BCUT2D eigenvalue weighted by molar-refractivity contribution is 7.92. The number of fused-ring (bicyclic) bond motifs is 1. The normalized spacial score (nSPS) is 14.7. The summed E-state index contributed by atoms with van der Waals surface area (Å²) in [5.41, 5.74) is 0.945. The molecule has 1 fully saturated rings. The molecular weight excluding hydrogens is 410 g/mol. The average molecular weight is 429 g/mol. The fourth-order valence-corrected chi connectivity index (χ4v) is 4.34. The molecule has 3 aromatic rings. The summed E-state index contributed by atoms with van der Waals surface area (Å²) in [6.07, 6.45) is -1.00. The molecule has 1 aliphatic heterocycles. The van der Waals surface area contributed by atoms with Crippen molar-refractivity contribution >= 4 is 38.7 Å². The second-order valence-electron chi connectivity index (χ2n) is 6.81. The van der Waals surface area contributed by atoms with Crippen LogP contribution in [0, 0.1) is 0 Å². The SMILES string of the molecule is O=C(O)N1CCN(C(=O)c2ccc3[nH]nc(NS(=O)(=O)c4ccccc4)c3c2)CC1. The molecule has 0 saturated carbocycles. The number of hydrogen-bond donors (Lipinski definition) is 3. The first kappa shape index (κ1) is 19.7. The van der Waals surface area contributed by atoms with Gasteiger partial charge in [0.1, 0.15) is 0 Å². The summed E-state index contributed by atoms with van der Waals surface area (Å²) in [4.78, 5) is 26.8. The van der Waals surface area contributed by atoms with Gasteiger partial charge in [0.15, 0.2) is 5.82 Å². The van der Waals surface area contributed by atoms with Crippen LogP contribution in [-0.2, 0) is 10.0 Å². The zero-order valence-corrected chi connectivity index (χ0v) is 16.6. The first-order valence-corrected chi connectivity index (χ1v) is 10.7. The van der Waals surface area contributed by atoms with Crippen molar-refractivity contribution in [2.45, 2.75) is 4.90 Å². The third-order valence-corrected chi connectivity index (χ3v) is 6.29. The Morgan fingerprint density at radius 2 is 1.67 bits per heavy atom. The number of aromatic nitrogens is 2. The van der Waals surface area contributed by atoms with E-state index < -0.39 is 16.1 Å². The standard InChI is InChI=1S/C19H19N5O5S/c25-18(23-8-10-24(11-9-23)19(26)27)13-6-7-16-15(12-13)17(21-20-16)22-30(28,29)14-4-2-1-3-5-14/h1-7,12H,8-11H2,(H,26,27)(H2,20,21,22). The van der Waals surface area contributed by atoms with Crippen molar-refractivity contribution < 1.29 is 23.1 Å². The van der Waals surface area contributed by atoms with Crippen LogP contribution in [0.5, 0.6) is 0 Å². The van der Waals surface area contributed by atoms with Crippen LogP contribution in [0.25, 0.3) is 10.9 Å². The van der Waals surface area contributed by atoms with Gasteiger partial charge in [-0.15, -0.1) is 0 Å². The highest BCUT2D eigenvalue weighted by Gasteiger charge is 2.25. The van der Waals surface area contributed by atoms with Gasteiger partial charge in [-0.3, -0.25) is 14.6 Å². The van der Waals surface area contributed by atoms with Crippen LogP contribution in [0.2, 0.25) is 0 Å². The van der Waals surface area contributed by atoms with Crippen LogP contribution < -0.4 is 4.72 Å². The number of nitrogens with zero attached hydrogens (tertiary/aromatic N) is 3. The molecule has 0 aliphatic carbocycles. The van der Waals surface area contributed by atoms with Crippen molar-refractivity contribution in [2.75, 3.05) is 30.9 Å². The molecule has 2 aromatic carbocycles. The molecular formula is C19H19N5O5S. The van der Waals surface area contributed by atoms with Crippen LogP contribution in [0.15, 0.2) is 53.4 Å². The van der Waals surface area contributed by atoms with Gasteiger partial charge >= 0.3 is 6.09 Å². The van der Waals surface area contributed by atoms with Gasteiger partial charge in [0, 0.05) is 37.1 Å². The Morgan fingerprint density at radius 1 is 1.00 bits per heavy atom. The van der Waals surface area contributed by atoms with Gasteiger partial charge in [-0.25, -0.2) is 13.2 Å². The van der Waals surface area contributed by atoms with Crippen LogP contribution >= 0.6 is 0 Å². The van der Waals surface area contributed by atoms with E-state index in [0.717, 1.165) is 0 Å². The Morgan fingerprint density at radius 3 is 2.33 bits per heavy atom. The van der Waals surface area contributed by atoms with Gasteiger partial charge in [0.25, 0.3) is 15.9 Å². The van der Waals surface area contributed by atoms with Crippen molar-refractivity contribution in [2.24, 2.45) is 0 Å². The first-order valence-electron chi connectivity index (χ1n) is 9.18. The number of carboxylic acid groups (broad SMARTS) is 1. The molecule has 30 heavy (non-hydrogen) atoms. The zero-order chi connectivity index (χ0) is 21.3.